The third-order valence-corrected chi connectivity index (χ3v) is 4.51. The van der Waals surface area contributed by atoms with Crippen molar-refractivity contribution in [1.82, 2.24) is 10.2 Å². The van der Waals surface area contributed by atoms with Crippen molar-refractivity contribution in [2.45, 2.75) is 25.9 Å². The number of methoxy groups -OCH3 is 1. The average Bonchev–Trinajstić information content (AvgIpc) is 2.71. The molecule has 0 radical (unpaired) electrons. The van der Waals surface area contributed by atoms with Crippen molar-refractivity contribution in [2.24, 2.45) is 0 Å². The van der Waals surface area contributed by atoms with Crippen molar-refractivity contribution in [2.75, 3.05) is 20.8 Å². The second kappa shape index (κ2) is 10.6. The second-order valence-corrected chi connectivity index (χ2v) is 6.59. The largest absolute Gasteiger partial charge is 0.497 e. The molecule has 1 N–H and O–H groups in total. The molecule has 1 unspecified atom stereocenters. The number of rotatable bonds is 9. The summed E-state index contributed by atoms with van der Waals surface area (Å²) in [7, 11) is 3.14. The van der Waals surface area contributed by atoms with E-state index in [0.29, 0.717) is 22.9 Å². The predicted octanol–water partition coefficient (Wildman–Crippen LogP) is 3.28. The summed E-state index contributed by atoms with van der Waals surface area (Å²) >= 11 is 5.95. The van der Waals surface area contributed by atoms with Crippen LogP contribution in [0.15, 0.2) is 48.5 Å². The van der Waals surface area contributed by atoms with Gasteiger partial charge in [0, 0.05) is 18.6 Å². The van der Waals surface area contributed by atoms with Crippen LogP contribution in [0.1, 0.15) is 18.9 Å². The van der Waals surface area contributed by atoms with Gasteiger partial charge in [-0.3, -0.25) is 9.59 Å². The van der Waals surface area contributed by atoms with E-state index in [1.807, 2.05) is 31.2 Å². The summed E-state index contributed by atoms with van der Waals surface area (Å²) in [6.07, 6.45) is 0.479. The quantitative estimate of drug-likeness (QED) is 0.696. The number of benzene rings is 2. The summed E-state index contributed by atoms with van der Waals surface area (Å²) in [5.41, 5.74) is 0.859. The van der Waals surface area contributed by atoms with E-state index in [-0.39, 0.29) is 25.0 Å². The number of nitrogens with zero attached hydrogens (tertiary/aromatic N) is 1. The van der Waals surface area contributed by atoms with Crippen molar-refractivity contribution in [3.63, 3.8) is 0 Å². The van der Waals surface area contributed by atoms with Gasteiger partial charge in [0.1, 0.15) is 17.5 Å². The Morgan fingerprint density at radius 2 is 1.86 bits per heavy atom. The molecule has 0 aliphatic rings. The molecule has 0 bridgehead atoms. The van der Waals surface area contributed by atoms with Gasteiger partial charge in [-0.05, 0) is 42.3 Å². The standard InChI is InChI=1S/C21H25ClN2O4/c1-4-19(21(26)23-2)24(13-15-7-5-9-17(11-15)27-3)20(25)14-28-18-10-6-8-16(22)12-18/h5-12,19H,4,13-14H2,1-3H3,(H,23,26). The molecule has 0 saturated heterocycles. The third kappa shape index (κ3) is 5.89. The van der Waals surface area contributed by atoms with Gasteiger partial charge in [0.05, 0.1) is 7.11 Å². The van der Waals surface area contributed by atoms with Crippen molar-refractivity contribution in [1.29, 1.82) is 0 Å². The number of nitrogens with one attached hydrogen (secondary N) is 1. The van der Waals surface area contributed by atoms with E-state index < -0.39 is 6.04 Å². The number of carbonyl (C=O) groups excluding carboxylic acids is 2. The maximum atomic E-state index is 12.9. The third-order valence-electron chi connectivity index (χ3n) is 4.28. The van der Waals surface area contributed by atoms with Gasteiger partial charge in [-0.2, -0.15) is 0 Å². The topological polar surface area (TPSA) is 67.9 Å². The highest BCUT2D eigenvalue weighted by Gasteiger charge is 2.28. The van der Waals surface area contributed by atoms with Crippen molar-refractivity contribution >= 4 is 23.4 Å². The zero-order chi connectivity index (χ0) is 20.5. The van der Waals surface area contributed by atoms with Crippen LogP contribution in [-0.4, -0.2) is 43.5 Å². The summed E-state index contributed by atoms with van der Waals surface area (Å²) in [6, 6.07) is 13.6. The van der Waals surface area contributed by atoms with Crippen LogP contribution in [0, 0.1) is 0 Å². The fraction of sp³-hybridized carbons (Fsp3) is 0.333. The molecule has 6 nitrogen and oxygen atoms in total. The van der Waals surface area contributed by atoms with E-state index >= 15 is 0 Å². The summed E-state index contributed by atoms with van der Waals surface area (Å²) in [4.78, 5) is 26.8. The number of carbonyl (C=O) groups is 2. The molecule has 0 spiro atoms. The molecule has 0 aliphatic carbocycles. The van der Waals surface area contributed by atoms with E-state index in [9.17, 15) is 9.59 Å². The van der Waals surface area contributed by atoms with Gasteiger partial charge in [0.2, 0.25) is 5.91 Å². The highest BCUT2D eigenvalue weighted by molar-refractivity contribution is 6.30. The molecule has 0 saturated carbocycles. The lowest BCUT2D eigenvalue weighted by Crippen LogP contribution is -2.49. The maximum absolute atomic E-state index is 12.9. The Balaban J connectivity index is 2.20. The molecule has 7 heteroatoms. The molecule has 2 aromatic carbocycles. The van der Waals surface area contributed by atoms with E-state index in [4.69, 9.17) is 21.1 Å². The molecule has 2 rings (SSSR count). The SMILES string of the molecule is CCC(C(=O)NC)N(Cc1cccc(OC)c1)C(=O)COc1cccc(Cl)c1. The van der Waals surface area contributed by atoms with E-state index in [2.05, 4.69) is 5.32 Å². The Labute approximate surface area is 170 Å². The van der Waals surface area contributed by atoms with Crippen LogP contribution in [0.4, 0.5) is 0 Å². The fourth-order valence-corrected chi connectivity index (χ4v) is 3.02. The first-order valence-electron chi connectivity index (χ1n) is 9.00. The Kier molecular flexibility index (Phi) is 8.14. The predicted molar refractivity (Wildman–Crippen MR) is 109 cm³/mol. The average molecular weight is 405 g/mol. The number of hydrogen-bond acceptors (Lipinski definition) is 4. The Hall–Kier alpha value is -2.73. The normalized spacial score (nSPS) is 11.4. The summed E-state index contributed by atoms with van der Waals surface area (Å²) in [6.45, 7) is 1.93. The van der Waals surface area contributed by atoms with Gasteiger partial charge in [0.15, 0.2) is 6.61 Å². The minimum absolute atomic E-state index is 0.197. The van der Waals surface area contributed by atoms with Crippen LogP contribution in [0.3, 0.4) is 0 Å². The molecule has 0 fully saturated rings. The summed E-state index contributed by atoms with van der Waals surface area (Å²) in [5, 5.41) is 3.15. The monoisotopic (exact) mass is 404 g/mol. The summed E-state index contributed by atoms with van der Waals surface area (Å²) in [5.74, 6) is 0.669. The molecular weight excluding hydrogens is 380 g/mol. The van der Waals surface area contributed by atoms with Crippen molar-refractivity contribution < 1.29 is 19.1 Å². The molecule has 1 atom stereocenters. The lowest BCUT2D eigenvalue weighted by molar-refractivity contribution is -0.142. The Morgan fingerprint density at radius 3 is 2.50 bits per heavy atom. The van der Waals surface area contributed by atoms with Crippen LogP contribution in [0.25, 0.3) is 0 Å². The van der Waals surface area contributed by atoms with Crippen LogP contribution in [0.5, 0.6) is 11.5 Å². The van der Waals surface area contributed by atoms with Gasteiger partial charge in [-0.15, -0.1) is 0 Å². The molecule has 2 amide bonds. The second-order valence-electron chi connectivity index (χ2n) is 6.16. The van der Waals surface area contributed by atoms with Crippen LogP contribution in [0.2, 0.25) is 5.02 Å². The highest BCUT2D eigenvalue weighted by atomic mass is 35.5. The molecule has 150 valence electrons. The first kappa shape index (κ1) is 21.6. The first-order valence-corrected chi connectivity index (χ1v) is 9.38. The lowest BCUT2D eigenvalue weighted by atomic mass is 10.1. The highest BCUT2D eigenvalue weighted by Crippen LogP contribution is 2.19. The zero-order valence-electron chi connectivity index (χ0n) is 16.3. The van der Waals surface area contributed by atoms with Gasteiger partial charge in [0.25, 0.3) is 5.91 Å². The van der Waals surface area contributed by atoms with Gasteiger partial charge in [-0.25, -0.2) is 0 Å². The molecule has 0 aromatic heterocycles. The minimum Gasteiger partial charge on any atom is -0.497 e. The van der Waals surface area contributed by atoms with Gasteiger partial charge >= 0.3 is 0 Å². The van der Waals surface area contributed by atoms with Crippen LogP contribution in [-0.2, 0) is 16.1 Å². The maximum Gasteiger partial charge on any atom is 0.261 e. The van der Waals surface area contributed by atoms with E-state index in [1.165, 1.54) is 4.90 Å². The van der Waals surface area contributed by atoms with Crippen molar-refractivity contribution in [3.05, 3.63) is 59.1 Å². The number of hydrogen-bond donors (Lipinski definition) is 1. The number of ether oxygens (including phenoxy) is 2. The van der Waals surface area contributed by atoms with E-state index in [1.54, 1.807) is 38.4 Å². The molecule has 2 aromatic rings. The van der Waals surface area contributed by atoms with Gasteiger partial charge < -0.3 is 19.7 Å². The smallest absolute Gasteiger partial charge is 0.261 e. The van der Waals surface area contributed by atoms with E-state index in [0.717, 1.165) is 5.56 Å². The lowest BCUT2D eigenvalue weighted by Gasteiger charge is -2.30. The molecule has 28 heavy (non-hydrogen) atoms. The molecule has 0 heterocycles. The first-order chi connectivity index (χ1) is 13.5. The summed E-state index contributed by atoms with van der Waals surface area (Å²) < 4.78 is 10.8. The number of amides is 2. The Morgan fingerprint density at radius 1 is 1.14 bits per heavy atom. The van der Waals surface area contributed by atoms with Gasteiger partial charge in [-0.1, -0.05) is 36.7 Å². The number of halogens is 1. The van der Waals surface area contributed by atoms with Crippen LogP contribution >= 0.6 is 11.6 Å². The molecular formula is C21H25ClN2O4. The van der Waals surface area contributed by atoms with Crippen molar-refractivity contribution in [3.8, 4) is 11.5 Å². The minimum atomic E-state index is -0.605. The fourth-order valence-electron chi connectivity index (χ4n) is 2.84. The number of likely N-dealkylation sites (N-methyl/N-ethyl adjacent to an activating group) is 1. The van der Waals surface area contributed by atoms with Crippen LogP contribution < -0.4 is 14.8 Å². The molecule has 0 aliphatic heterocycles. The zero-order valence-corrected chi connectivity index (χ0v) is 17.0. The Bertz CT molecular complexity index is 812.